The van der Waals surface area contributed by atoms with E-state index in [1.807, 2.05) is 53.4 Å². The van der Waals surface area contributed by atoms with Crippen molar-refractivity contribution >= 4 is 17.6 Å². The number of ether oxygens (including phenoxy) is 1. The van der Waals surface area contributed by atoms with Crippen molar-refractivity contribution in [3.8, 4) is 5.75 Å². The maximum absolute atomic E-state index is 12.5. The monoisotopic (exact) mass is 395 g/mol. The largest absolute Gasteiger partial charge is 0.497 e. The number of likely N-dealkylation sites (tertiary alicyclic amines) is 1. The van der Waals surface area contributed by atoms with Gasteiger partial charge >= 0.3 is 6.03 Å². The van der Waals surface area contributed by atoms with Gasteiger partial charge in [0, 0.05) is 31.2 Å². The zero-order valence-electron chi connectivity index (χ0n) is 17.1. The van der Waals surface area contributed by atoms with Gasteiger partial charge in [0.15, 0.2) is 0 Å². The highest BCUT2D eigenvalue weighted by atomic mass is 16.5. The fourth-order valence-electron chi connectivity index (χ4n) is 3.56. The molecule has 1 aliphatic rings. The van der Waals surface area contributed by atoms with Crippen LogP contribution in [0.25, 0.3) is 0 Å². The first-order valence-electron chi connectivity index (χ1n) is 10.1. The number of carbonyl (C=O) groups is 2. The van der Waals surface area contributed by atoms with Crippen LogP contribution >= 0.6 is 0 Å². The SMILES string of the molecule is CCc1cccc(NC(=O)NC2CCC(=O)N(Cc3cccc(OC)c3)CC2)c1. The van der Waals surface area contributed by atoms with Crippen LogP contribution in [0.3, 0.4) is 0 Å². The molecule has 2 N–H and O–H groups in total. The van der Waals surface area contributed by atoms with Gasteiger partial charge in [0.25, 0.3) is 0 Å². The third kappa shape index (κ3) is 5.98. The average molecular weight is 396 g/mol. The van der Waals surface area contributed by atoms with Crippen molar-refractivity contribution in [2.45, 2.75) is 45.2 Å². The van der Waals surface area contributed by atoms with Gasteiger partial charge in [-0.3, -0.25) is 4.79 Å². The second-order valence-corrected chi connectivity index (χ2v) is 7.34. The zero-order chi connectivity index (χ0) is 20.6. The van der Waals surface area contributed by atoms with Gasteiger partial charge in [-0.25, -0.2) is 4.79 Å². The van der Waals surface area contributed by atoms with Gasteiger partial charge in [-0.2, -0.15) is 0 Å². The second kappa shape index (κ2) is 9.96. The van der Waals surface area contributed by atoms with Gasteiger partial charge in [-0.15, -0.1) is 0 Å². The van der Waals surface area contributed by atoms with E-state index in [9.17, 15) is 9.59 Å². The maximum atomic E-state index is 12.5. The summed E-state index contributed by atoms with van der Waals surface area (Å²) in [5.41, 5.74) is 3.00. The number of nitrogens with one attached hydrogen (secondary N) is 2. The van der Waals surface area contributed by atoms with Crippen molar-refractivity contribution in [1.82, 2.24) is 10.2 Å². The van der Waals surface area contributed by atoms with Crippen LogP contribution in [0.2, 0.25) is 0 Å². The highest BCUT2D eigenvalue weighted by molar-refractivity contribution is 5.89. The Kier molecular flexibility index (Phi) is 7.11. The Morgan fingerprint density at radius 1 is 1.14 bits per heavy atom. The number of urea groups is 1. The number of aryl methyl sites for hydroxylation is 1. The molecule has 2 aromatic rings. The normalized spacial score (nSPS) is 16.8. The molecular formula is C23H29N3O3. The molecule has 1 unspecified atom stereocenters. The highest BCUT2D eigenvalue weighted by Gasteiger charge is 2.23. The molecule has 1 fully saturated rings. The van der Waals surface area contributed by atoms with Gasteiger partial charge in [-0.05, 0) is 54.7 Å². The van der Waals surface area contributed by atoms with E-state index in [0.29, 0.717) is 25.9 Å². The van der Waals surface area contributed by atoms with E-state index in [0.717, 1.165) is 29.8 Å². The van der Waals surface area contributed by atoms with Crippen LogP contribution in [0, 0.1) is 0 Å². The van der Waals surface area contributed by atoms with E-state index in [1.165, 1.54) is 5.56 Å². The molecule has 0 saturated carbocycles. The first-order valence-corrected chi connectivity index (χ1v) is 10.1. The van der Waals surface area contributed by atoms with Crippen molar-refractivity contribution in [3.05, 3.63) is 59.7 Å². The van der Waals surface area contributed by atoms with Crippen molar-refractivity contribution in [3.63, 3.8) is 0 Å². The molecule has 0 radical (unpaired) electrons. The van der Waals surface area contributed by atoms with Crippen LogP contribution in [-0.4, -0.2) is 36.5 Å². The van der Waals surface area contributed by atoms with Crippen molar-refractivity contribution in [2.24, 2.45) is 0 Å². The first kappa shape index (κ1) is 20.7. The van der Waals surface area contributed by atoms with E-state index < -0.39 is 0 Å². The first-order chi connectivity index (χ1) is 14.1. The molecule has 6 nitrogen and oxygen atoms in total. The Bertz CT molecular complexity index is 853. The highest BCUT2D eigenvalue weighted by Crippen LogP contribution is 2.19. The van der Waals surface area contributed by atoms with Crippen LogP contribution in [0.1, 0.15) is 37.3 Å². The Labute approximate surface area is 172 Å². The smallest absolute Gasteiger partial charge is 0.319 e. The molecule has 0 bridgehead atoms. The van der Waals surface area contributed by atoms with E-state index >= 15 is 0 Å². The lowest BCUT2D eigenvalue weighted by Gasteiger charge is -2.21. The molecule has 1 heterocycles. The summed E-state index contributed by atoms with van der Waals surface area (Å²) in [6.07, 6.45) is 2.74. The summed E-state index contributed by atoms with van der Waals surface area (Å²) in [6.45, 7) is 3.25. The lowest BCUT2D eigenvalue weighted by Crippen LogP contribution is -2.38. The molecule has 0 aromatic heterocycles. The van der Waals surface area contributed by atoms with Crippen LogP contribution in [0.5, 0.6) is 5.75 Å². The Morgan fingerprint density at radius 3 is 2.72 bits per heavy atom. The van der Waals surface area contributed by atoms with Crippen LogP contribution in [0.15, 0.2) is 48.5 Å². The van der Waals surface area contributed by atoms with E-state index in [4.69, 9.17) is 4.74 Å². The van der Waals surface area contributed by atoms with Crippen LogP contribution in [0.4, 0.5) is 10.5 Å². The molecule has 154 valence electrons. The number of benzene rings is 2. The van der Waals surface area contributed by atoms with Gasteiger partial charge in [0.1, 0.15) is 5.75 Å². The molecule has 3 amide bonds. The number of carbonyl (C=O) groups excluding carboxylic acids is 2. The lowest BCUT2D eigenvalue weighted by molar-refractivity contribution is -0.131. The standard InChI is InChI=1S/C23H29N3O3/c1-3-17-6-4-8-20(14-17)25-23(28)24-19-10-11-22(27)26(13-12-19)16-18-7-5-9-21(15-18)29-2/h4-9,14-15,19H,3,10-13,16H2,1-2H3,(H2,24,25,28). The zero-order valence-corrected chi connectivity index (χ0v) is 17.1. The Morgan fingerprint density at radius 2 is 1.93 bits per heavy atom. The maximum Gasteiger partial charge on any atom is 0.319 e. The molecule has 1 saturated heterocycles. The predicted octanol–water partition coefficient (Wildman–Crippen LogP) is 3.96. The topological polar surface area (TPSA) is 70.7 Å². The van der Waals surface area contributed by atoms with Crippen LogP contribution < -0.4 is 15.4 Å². The number of methoxy groups -OCH3 is 1. The summed E-state index contributed by atoms with van der Waals surface area (Å²) in [5.74, 6) is 0.904. The van der Waals surface area contributed by atoms with Gasteiger partial charge in [-0.1, -0.05) is 31.2 Å². The number of hydrogen-bond acceptors (Lipinski definition) is 3. The van der Waals surface area contributed by atoms with E-state index in [1.54, 1.807) is 7.11 Å². The number of amides is 3. The quantitative estimate of drug-likeness (QED) is 0.778. The summed E-state index contributed by atoms with van der Waals surface area (Å²) in [6, 6.07) is 15.4. The summed E-state index contributed by atoms with van der Waals surface area (Å²) < 4.78 is 5.26. The molecule has 0 spiro atoms. The number of nitrogens with zero attached hydrogens (tertiary/aromatic N) is 1. The second-order valence-electron chi connectivity index (χ2n) is 7.34. The molecule has 2 aromatic carbocycles. The molecule has 1 atom stereocenters. The van der Waals surface area contributed by atoms with Gasteiger partial charge in [0.05, 0.1) is 7.11 Å². The fourth-order valence-corrected chi connectivity index (χ4v) is 3.56. The number of anilines is 1. The Hall–Kier alpha value is -3.02. The molecular weight excluding hydrogens is 366 g/mol. The van der Waals surface area contributed by atoms with E-state index in [-0.39, 0.29) is 18.0 Å². The molecule has 29 heavy (non-hydrogen) atoms. The van der Waals surface area contributed by atoms with Crippen molar-refractivity contribution in [1.29, 1.82) is 0 Å². The predicted molar refractivity (Wildman–Crippen MR) is 114 cm³/mol. The minimum absolute atomic E-state index is 0.0244. The third-order valence-electron chi connectivity index (χ3n) is 5.24. The van der Waals surface area contributed by atoms with Gasteiger partial charge < -0.3 is 20.3 Å². The Balaban J connectivity index is 1.54. The lowest BCUT2D eigenvalue weighted by atomic mass is 10.1. The fraction of sp³-hybridized carbons (Fsp3) is 0.391. The van der Waals surface area contributed by atoms with E-state index in [2.05, 4.69) is 17.6 Å². The minimum Gasteiger partial charge on any atom is -0.497 e. The number of hydrogen-bond donors (Lipinski definition) is 2. The van der Waals surface area contributed by atoms with Crippen molar-refractivity contribution < 1.29 is 14.3 Å². The van der Waals surface area contributed by atoms with Crippen molar-refractivity contribution in [2.75, 3.05) is 19.0 Å². The minimum atomic E-state index is -0.225. The average Bonchev–Trinajstić information content (AvgIpc) is 2.90. The summed E-state index contributed by atoms with van der Waals surface area (Å²) >= 11 is 0. The summed E-state index contributed by atoms with van der Waals surface area (Å²) in [4.78, 5) is 26.8. The molecule has 0 aliphatic carbocycles. The summed E-state index contributed by atoms with van der Waals surface area (Å²) in [7, 11) is 1.63. The molecule has 1 aliphatic heterocycles. The molecule has 6 heteroatoms. The third-order valence-corrected chi connectivity index (χ3v) is 5.24. The van der Waals surface area contributed by atoms with Gasteiger partial charge in [0.2, 0.25) is 5.91 Å². The van der Waals surface area contributed by atoms with Crippen LogP contribution in [-0.2, 0) is 17.8 Å². The molecule has 3 rings (SSSR count). The number of rotatable bonds is 6. The summed E-state index contributed by atoms with van der Waals surface area (Å²) in [5, 5.41) is 5.92.